The molecule has 0 radical (unpaired) electrons. The minimum absolute atomic E-state index is 0.156. The summed E-state index contributed by atoms with van der Waals surface area (Å²) in [5.74, 6) is -0.156. The lowest BCUT2D eigenvalue weighted by molar-refractivity contribution is -0.123. The van der Waals surface area contributed by atoms with Crippen LogP contribution in [0.2, 0.25) is 0 Å². The van der Waals surface area contributed by atoms with Crippen LogP contribution >= 0.6 is 0 Å². The summed E-state index contributed by atoms with van der Waals surface area (Å²) in [6, 6.07) is 9.40. The zero-order valence-corrected chi connectivity index (χ0v) is 13.0. The molecule has 2 aromatic heterocycles. The van der Waals surface area contributed by atoms with E-state index >= 15 is 0 Å². The van der Waals surface area contributed by atoms with Crippen LogP contribution in [0.25, 0.3) is 0 Å². The van der Waals surface area contributed by atoms with E-state index in [0.29, 0.717) is 12.6 Å². The van der Waals surface area contributed by atoms with Crippen LogP contribution < -0.4 is 5.32 Å². The predicted octanol–water partition coefficient (Wildman–Crippen LogP) is 1.11. The Bertz CT molecular complexity index is 808. The highest BCUT2D eigenvalue weighted by Crippen LogP contribution is 2.35. The highest BCUT2D eigenvalue weighted by molar-refractivity contribution is 5.83. The molecule has 1 atom stereocenters. The van der Waals surface area contributed by atoms with Gasteiger partial charge < -0.3 is 9.88 Å². The largest absolute Gasteiger partial charge is 0.348 e. The molecule has 3 aromatic rings. The van der Waals surface area contributed by atoms with E-state index in [9.17, 15) is 4.79 Å². The summed E-state index contributed by atoms with van der Waals surface area (Å²) in [6.07, 6.45) is 7.43. The zero-order chi connectivity index (χ0) is 16.4. The Kier molecular flexibility index (Phi) is 3.78. The number of benzene rings is 1. The third-order valence-corrected chi connectivity index (χ3v) is 4.12. The van der Waals surface area contributed by atoms with Crippen molar-refractivity contribution in [2.24, 2.45) is 0 Å². The van der Waals surface area contributed by atoms with E-state index in [2.05, 4.69) is 30.4 Å². The van der Waals surface area contributed by atoms with E-state index in [0.717, 1.165) is 11.3 Å². The van der Waals surface area contributed by atoms with Crippen molar-refractivity contribution in [2.75, 3.05) is 0 Å². The highest BCUT2D eigenvalue weighted by atomic mass is 16.2. The quantitative estimate of drug-likeness (QED) is 0.734. The van der Waals surface area contributed by atoms with E-state index < -0.39 is 6.04 Å². The SMILES string of the molecule is O=C(NCc1cncn1C1CC1)[C@@H](c1ccccc1)n1cnnn1. The van der Waals surface area contributed by atoms with E-state index in [1.807, 2.05) is 36.7 Å². The first-order chi connectivity index (χ1) is 11.8. The van der Waals surface area contributed by atoms with E-state index in [-0.39, 0.29) is 5.91 Å². The lowest BCUT2D eigenvalue weighted by Gasteiger charge is -2.17. The molecule has 8 nitrogen and oxygen atoms in total. The van der Waals surface area contributed by atoms with Gasteiger partial charge >= 0.3 is 0 Å². The number of nitrogens with one attached hydrogen (secondary N) is 1. The van der Waals surface area contributed by atoms with Crippen molar-refractivity contribution in [3.05, 3.63) is 60.4 Å². The maximum atomic E-state index is 12.8. The average molecular weight is 323 g/mol. The van der Waals surface area contributed by atoms with E-state index in [1.165, 1.54) is 23.9 Å². The van der Waals surface area contributed by atoms with Crippen molar-refractivity contribution in [2.45, 2.75) is 31.5 Å². The molecule has 122 valence electrons. The first-order valence-corrected chi connectivity index (χ1v) is 7.89. The number of aromatic nitrogens is 6. The minimum atomic E-state index is -0.599. The van der Waals surface area contributed by atoms with Crippen LogP contribution in [0.1, 0.15) is 36.2 Å². The van der Waals surface area contributed by atoms with Crippen LogP contribution in [0.4, 0.5) is 0 Å². The van der Waals surface area contributed by atoms with Gasteiger partial charge in [0.25, 0.3) is 0 Å². The Morgan fingerprint density at radius 2 is 2.08 bits per heavy atom. The normalized spacial score (nSPS) is 15.2. The maximum Gasteiger partial charge on any atom is 0.249 e. The molecule has 8 heteroatoms. The van der Waals surface area contributed by atoms with Crippen molar-refractivity contribution in [3.8, 4) is 0 Å². The smallest absolute Gasteiger partial charge is 0.249 e. The molecule has 0 aliphatic heterocycles. The van der Waals surface area contributed by atoms with Gasteiger partial charge in [0.05, 0.1) is 18.6 Å². The maximum absolute atomic E-state index is 12.8. The number of rotatable bonds is 6. The summed E-state index contributed by atoms with van der Waals surface area (Å²) in [4.78, 5) is 17.0. The summed E-state index contributed by atoms with van der Waals surface area (Å²) in [7, 11) is 0. The molecule has 1 fully saturated rings. The molecule has 0 bridgehead atoms. The summed E-state index contributed by atoms with van der Waals surface area (Å²) < 4.78 is 3.59. The molecule has 4 rings (SSSR count). The number of carbonyl (C=O) groups is 1. The first-order valence-electron chi connectivity index (χ1n) is 7.89. The van der Waals surface area contributed by atoms with Gasteiger partial charge in [-0.05, 0) is 28.8 Å². The average Bonchev–Trinajstić information content (AvgIpc) is 3.11. The topological polar surface area (TPSA) is 90.5 Å². The third-order valence-electron chi connectivity index (χ3n) is 4.12. The molecule has 1 N–H and O–H groups in total. The lowest BCUT2D eigenvalue weighted by atomic mass is 10.1. The Balaban J connectivity index is 1.52. The van der Waals surface area contributed by atoms with Crippen LogP contribution in [-0.4, -0.2) is 35.7 Å². The second kappa shape index (κ2) is 6.23. The zero-order valence-electron chi connectivity index (χ0n) is 13.0. The Morgan fingerprint density at radius 3 is 2.79 bits per heavy atom. The molecular weight excluding hydrogens is 306 g/mol. The summed E-state index contributed by atoms with van der Waals surface area (Å²) in [5.41, 5.74) is 1.84. The fraction of sp³-hybridized carbons (Fsp3) is 0.312. The molecule has 1 aliphatic rings. The van der Waals surface area contributed by atoms with Gasteiger partial charge in [0.15, 0.2) is 6.04 Å². The summed E-state index contributed by atoms with van der Waals surface area (Å²) >= 11 is 0. The number of nitrogens with zero attached hydrogens (tertiary/aromatic N) is 6. The van der Waals surface area contributed by atoms with Crippen LogP contribution in [0.15, 0.2) is 49.2 Å². The van der Waals surface area contributed by atoms with Gasteiger partial charge in [-0.3, -0.25) is 4.79 Å². The second-order valence-corrected chi connectivity index (χ2v) is 5.84. The fourth-order valence-corrected chi connectivity index (χ4v) is 2.77. The summed E-state index contributed by atoms with van der Waals surface area (Å²) in [6.45, 7) is 0.431. The van der Waals surface area contributed by atoms with Crippen molar-refractivity contribution in [1.29, 1.82) is 0 Å². The number of carbonyl (C=O) groups excluding carboxylic acids is 1. The van der Waals surface area contributed by atoms with Gasteiger partial charge in [-0.25, -0.2) is 9.67 Å². The lowest BCUT2D eigenvalue weighted by Crippen LogP contribution is -2.33. The van der Waals surface area contributed by atoms with Gasteiger partial charge in [-0.1, -0.05) is 30.3 Å². The highest BCUT2D eigenvalue weighted by Gasteiger charge is 2.27. The molecule has 1 aromatic carbocycles. The number of amides is 1. The number of hydrogen-bond donors (Lipinski definition) is 1. The fourth-order valence-electron chi connectivity index (χ4n) is 2.77. The van der Waals surface area contributed by atoms with Gasteiger partial charge in [0.2, 0.25) is 5.91 Å². The first kappa shape index (κ1) is 14.6. The van der Waals surface area contributed by atoms with Crippen molar-refractivity contribution < 1.29 is 4.79 Å². The molecule has 2 heterocycles. The number of tetrazole rings is 1. The van der Waals surface area contributed by atoms with Crippen LogP contribution in [-0.2, 0) is 11.3 Å². The van der Waals surface area contributed by atoms with Crippen molar-refractivity contribution in [1.82, 2.24) is 35.1 Å². The minimum Gasteiger partial charge on any atom is -0.348 e. The van der Waals surface area contributed by atoms with Gasteiger partial charge in [0.1, 0.15) is 6.33 Å². The monoisotopic (exact) mass is 323 g/mol. The standard InChI is InChI=1S/C16H17N7O/c24-16(18-9-14-8-17-10-22(14)13-6-7-13)15(23-11-19-20-21-23)12-4-2-1-3-5-12/h1-5,8,10-11,13,15H,6-7,9H2,(H,18,24)/t15-/m1/s1. The van der Waals surface area contributed by atoms with Crippen molar-refractivity contribution in [3.63, 3.8) is 0 Å². The van der Waals surface area contributed by atoms with E-state index in [1.54, 1.807) is 6.20 Å². The summed E-state index contributed by atoms with van der Waals surface area (Å²) in [5, 5.41) is 14.2. The molecule has 0 saturated heterocycles. The Labute approximate surface area is 138 Å². The van der Waals surface area contributed by atoms with Gasteiger partial charge in [-0.2, -0.15) is 0 Å². The van der Waals surface area contributed by atoms with Crippen LogP contribution in [0.3, 0.4) is 0 Å². The van der Waals surface area contributed by atoms with Crippen LogP contribution in [0, 0.1) is 0 Å². The van der Waals surface area contributed by atoms with E-state index in [4.69, 9.17) is 0 Å². The molecule has 0 unspecified atom stereocenters. The Hall–Kier alpha value is -3.03. The molecular formula is C16H17N7O. The van der Waals surface area contributed by atoms with Gasteiger partial charge in [-0.15, -0.1) is 5.10 Å². The molecule has 1 amide bonds. The molecule has 1 saturated carbocycles. The van der Waals surface area contributed by atoms with Gasteiger partial charge in [0, 0.05) is 12.2 Å². The molecule has 0 spiro atoms. The van der Waals surface area contributed by atoms with Crippen molar-refractivity contribution >= 4 is 5.91 Å². The predicted molar refractivity (Wildman–Crippen MR) is 84.7 cm³/mol. The molecule has 24 heavy (non-hydrogen) atoms. The Morgan fingerprint density at radius 1 is 1.25 bits per heavy atom. The third kappa shape index (κ3) is 2.90. The second-order valence-electron chi connectivity index (χ2n) is 5.84. The number of hydrogen-bond acceptors (Lipinski definition) is 5. The number of imidazole rings is 1. The molecule has 1 aliphatic carbocycles. The van der Waals surface area contributed by atoms with Crippen LogP contribution in [0.5, 0.6) is 0 Å².